The summed E-state index contributed by atoms with van der Waals surface area (Å²) in [5.41, 5.74) is 1.85. The van der Waals surface area contributed by atoms with Crippen LogP contribution in [0.4, 0.5) is 0 Å². The SMILES string of the molecule is CC.Cc1cc(/C=C(\C#N)C(=S)NCc2ccc(O)c(O)c2)cc(O)c1O. The highest BCUT2D eigenvalue weighted by molar-refractivity contribution is 7.80. The van der Waals surface area contributed by atoms with Crippen LogP contribution in [0, 0.1) is 18.3 Å². The molecule has 7 heteroatoms. The van der Waals surface area contributed by atoms with Gasteiger partial charge in [0.15, 0.2) is 23.0 Å². The molecule has 27 heavy (non-hydrogen) atoms. The van der Waals surface area contributed by atoms with E-state index in [1.165, 1.54) is 24.3 Å². The van der Waals surface area contributed by atoms with Crippen molar-refractivity contribution in [2.75, 3.05) is 0 Å². The van der Waals surface area contributed by atoms with E-state index < -0.39 is 0 Å². The molecule has 0 aliphatic carbocycles. The standard InChI is InChI=1S/C18H16N2O4S.C2H6/c1-10-4-12(7-16(23)17(10)24)5-13(8-19)18(25)20-9-11-2-3-14(21)15(22)6-11;1-2/h2-7,21-24H,9H2,1H3,(H,20,25);1-2H3/b13-5+;. The van der Waals surface area contributed by atoms with Gasteiger partial charge < -0.3 is 25.7 Å². The molecule has 5 N–H and O–H groups in total. The summed E-state index contributed by atoms with van der Waals surface area (Å²) in [5, 5.41) is 50.2. The number of nitrogens with zero attached hydrogens (tertiary/aromatic N) is 1. The zero-order chi connectivity index (χ0) is 20.6. The smallest absolute Gasteiger partial charge is 0.160 e. The van der Waals surface area contributed by atoms with Gasteiger partial charge in [-0.3, -0.25) is 0 Å². The van der Waals surface area contributed by atoms with Gasteiger partial charge in [-0.1, -0.05) is 32.1 Å². The second-order valence-electron chi connectivity index (χ2n) is 5.38. The molecule has 0 unspecified atom stereocenters. The maximum Gasteiger partial charge on any atom is 0.160 e. The van der Waals surface area contributed by atoms with E-state index in [1.54, 1.807) is 19.1 Å². The Balaban J connectivity index is 0.00000176. The third kappa shape index (κ3) is 5.90. The van der Waals surface area contributed by atoms with E-state index in [4.69, 9.17) is 12.2 Å². The van der Waals surface area contributed by atoms with Crippen molar-refractivity contribution in [3.63, 3.8) is 0 Å². The Morgan fingerprint density at radius 3 is 2.30 bits per heavy atom. The summed E-state index contributed by atoms with van der Waals surface area (Å²) < 4.78 is 0. The van der Waals surface area contributed by atoms with Gasteiger partial charge in [0.05, 0.1) is 5.57 Å². The molecule has 2 rings (SSSR count). The molecule has 0 bridgehead atoms. The lowest BCUT2D eigenvalue weighted by molar-refractivity contribution is 0.401. The molecule has 6 nitrogen and oxygen atoms in total. The Hall–Kier alpha value is -3.24. The first kappa shape index (κ1) is 21.8. The first-order valence-corrected chi connectivity index (χ1v) is 8.66. The van der Waals surface area contributed by atoms with E-state index >= 15 is 0 Å². The van der Waals surface area contributed by atoms with Crippen molar-refractivity contribution in [3.8, 4) is 29.1 Å². The molecule has 2 aromatic rings. The molecule has 142 valence electrons. The predicted octanol–water partition coefficient (Wildman–Crippen LogP) is 3.87. The normalized spacial score (nSPS) is 10.4. The third-order valence-electron chi connectivity index (χ3n) is 3.47. The molecule has 0 heterocycles. The Bertz CT molecular complexity index is 878. The van der Waals surface area contributed by atoms with Gasteiger partial charge in [-0.25, -0.2) is 0 Å². The van der Waals surface area contributed by atoms with Crippen LogP contribution >= 0.6 is 12.2 Å². The highest BCUT2D eigenvalue weighted by Crippen LogP contribution is 2.30. The molecular weight excluding hydrogens is 364 g/mol. The molecule has 0 spiro atoms. The zero-order valence-corrected chi connectivity index (χ0v) is 16.1. The molecule has 0 amide bonds. The molecule has 0 saturated carbocycles. The lowest BCUT2D eigenvalue weighted by atomic mass is 10.1. The van der Waals surface area contributed by atoms with Crippen LogP contribution in [-0.2, 0) is 6.54 Å². The van der Waals surface area contributed by atoms with Crippen molar-refractivity contribution < 1.29 is 20.4 Å². The number of phenolic OH excluding ortho intramolecular Hbond substituents is 4. The van der Waals surface area contributed by atoms with Crippen molar-refractivity contribution >= 4 is 23.3 Å². The van der Waals surface area contributed by atoms with Gasteiger partial charge in [0.2, 0.25) is 0 Å². The fourth-order valence-electron chi connectivity index (χ4n) is 2.14. The maximum absolute atomic E-state index is 9.65. The van der Waals surface area contributed by atoms with Gasteiger partial charge in [0.1, 0.15) is 11.1 Å². The Morgan fingerprint density at radius 2 is 1.74 bits per heavy atom. The van der Waals surface area contributed by atoms with Gasteiger partial charge in [-0.15, -0.1) is 0 Å². The van der Waals surface area contributed by atoms with Crippen LogP contribution in [0.25, 0.3) is 6.08 Å². The topological polar surface area (TPSA) is 117 Å². The number of thiocarbonyl (C=S) groups is 1. The molecule has 0 aliphatic rings. The minimum absolute atomic E-state index is 0.183. The Labute approximate surface area is 163 Å². The fourth-order valence-corrected chi connectivity index (χ4v) is 2.32. The lowest BCUT2D eigenvalue weighted by Crippen LogP contribution is -2.22. The Kier molecular flexibility index (Phi) is 8.11. The van der Waals surface area contributed by atoms with Crippen molar-refractivity contribution in [3.05, 3.63) is 52.6 Å². The Morgan fingerprint density at radius 1 is 1.07 bits per heavy atom. The monoisotopic (exact) mass is 386 g/mol. The van der Waals surface area contributed by atoms with Gasteiger partial charge >= 0.3 is 0 Å². The quantitative estimate of drug-likeness (QED) is 0.234. The summed E-state index contributed by atoms with van der Waals surface area (Å²) in [4.78, 5) is 0.195. The van der Waals surface area contributed by atoms with E-state index in [0.717, 1.165) is 0 Å². The predicted molar refractivity (Wildman–Crippen MR) is 109 cm³/mol. The van der Waals surface area contributed by atoms with E-state index in [9.17, 15) is 25.7 Å². The molecular formula is C20H22N2O4S. The second kappa shape index (κ2) is 10.0. The molecule has 0 radical (unpaired) electrons. The average molecular weight is 386 g/mol. The number of hydrogen-bond acceptors (Lipinski definition) is 6. The molecule has 2 aromatic carbocycles. The van der Waals surface area contributed by atoms with Crippen LogP contribution in [0.15, 0.2) is 35.9 Å². The van der Waals surface area contributed by atoms with Crippen LogP contribution < -0.4 is 5.32 Å². The zero-order valence-electron chi connectivity index (χ0n) is 15.3. The first-order valence-electron chi connectivity index (χ1n) is 8.25. The number of aryl methyl sites for hydroxylation is 1. The first-order chi connectivity index (χ1) is 12.8. The van der Waals surface area contributed by atoms with Crippen molar-refractivity contribution in [1.82, 2.24) is 5.32 Å². The number of nitriles is 1. The highest BCUT2D eigenvalue weighted by Gasteiger charge is 2.09. The minimum Gasteiger partial charge on any atom is -0.504 e. The van der Waals surface area contributed by atoms with E-state index in [-0.39, 0.29) is 40.1 Å². The summed E-state index contributed by atoms with van der Waals surface area (Å²) in [6.45, 7) is 5.89. The van der Waals surface area contributed by atoms with Crippen LogP contribution in [0.5, 0.6) is 23.0 Å². The third-order valence-corrected chi connectivity index (χ3v) is 3.84. The summed E-state index contributed by atoms with van der Waals surface area (Å²) in [7, 11) is 0. The highest BCUT2D eigenvalue weighted by atomic mass is 32.1. The van der Waals surface area contributed by atoms with Crippen molar-refractivity contribution in [1.29, 1.82) is 5.26 Å². The number of hydrogen-bond donors (Lipinski definition) is 5. The van der Waals surface area contributed by atoms with Crippen LogP contribution in [-0.4, -0.2) is 25.4 Å². The van der Waals surface area contributed by atoms with E-state index in [1.807, 2.05) is 19.9 Å². The maximum atomic E-state index is 9.65. The van der Waals surface area contributed by atoms with Crippen LogP contribution in [0.3, 0.4) is 0 Å². The average Bonchev–Trinajstić information content (AvgIpc) is 2.66. The summed E-state index contributed by atoms with van der Waals surface area (Å²) in [6, 6.07) is 9.30. The van der Waals surface area contributed by atoms with Crippen molar-refractivity contribution in [2.45, 2.75) is 27.3 Å². The number of nitrogens with one attached hydrogen (secondary N) is 1. The number of phenols is 4. The number of rotatable bonds is 4. The molecule has 0 aliphatic heterocycles. The molecule has 0 atom stereocenters. The largest absolute Gasteiger partial charge is 0.504 e. The fraction of sp³-hybridized carbons (Fsp3) is 0.200. The summed E-state index contributed by atoms with van der Waals surface area (Å²) >= 11 is 5.20. The summed E-state index contributed by atoms with van der Waals surface area (Å²) in [5.74, 6) is -0.937. The summed E-state index contributed by atoms with van der Waals surface area (Å²) in [6.07, 6.45) is 1.50. The molecule has 0 fully saturated rings. The molecule has 0 aromatic heterocycles. The van der Waals surface area contributed by atoms with Crippen molar-refractivity contribution in [2.24, 2.45) is 0 Å². The number of aromatic hydroxyl groups is 4. The second-order valence-corrected chi connectivity index (χ2v) is 5.79. The van der Waals surface area contributed by atoms with E-state index in [0.29, 0.717) is 16.7 Å². The lowest BCUT2D eigenvalue weighted by Gasteiger charge is -2.09. The van der Waals surface area contributed by atoms with E-state index in [2.05, 4.69) is 5.32 Å². The van der Waals surface area contributed by atoms with Crippen LogP contribution in [0.1, 0.15) is 30.5 Å². The number of benzene rings is 2. The van der Waals surface area contributed by atoms with Gasteiger partial charge in [0.25, 0.3) is 0 Å². The van der Waals surface area contributed by atoms with Gasteiger partial charge in [-0.05, 0) is 54.0 Å². The minimum atomic E-state index is -0.276. The van der Waals surface area contributed by atoms with Gasteiger partial charge in [0, 0.05) is 6.54 Å². The van der Waals surface area contributed by atoms with Gasteiger partial charge in [-0.2, -0.15) is 5.26 Å². The van der Waals surface area contributed by atoms with Crippen LogP contribution in [0.2, 0.25) is 0 Å². The molecule has 0 saturated heterocycles.